The topological polar surface area (TPSA) is 54.1 Å². The zero-order valence-electron chi connectivity index (χ0n) is 21.4. The van der Waals surface area contributed by atoms with Gasteiger partial charge in [-0.2, -0.15) is 5.10 Å². The maximum Gasteiger partial charge on any atom is 0.125 e. The average molecular weight is 475 g/mol. The first-order valence-corrected chi connectivity index (χ1v) is 13.4. The number of nitrogens with zero attached hydrogens (tertiary/aromatic N) is 3. The van der Waals surface area contributed by atoms with Crippen LogP contribution in [0.15, 0.2) is 71.2 Å². The summed E-state index contributed by atoms with van der Waals surface area (Å²) in [4.78, 5) is 4.94. The normalized spacial score (nSPS) is 18.6. The second-order valence-corrected chi connectivity index (χ2v) is 10.1. The van der Waals surface area contributed by atoms with E-state index in [0.29, 0.717) is 0 Å². The minimum absolute atomic E-state index is 0.760. The highest BCUT2D eigenvalue weighted by molar-refractivity contribution is 5.78. The van der Waals surface area contributed by atoms with Crippen LogP contribution in [-0.4, -0.2) is 48.8 Å². The molecule has 2 N–H and O–H groups in total. The Morgan fingerprint density at radius 1 is 0.971 bits per heavy atom. The summed E-state index contributed by atoms with van der Waals surface area (Å²) in [6.45, 7) is 7.82. The Balaban J connectivity index is 1.44. The van der Waals surface area contributed by atoms with Crippen LogP contribution in [0.5, 0.6) is 0 Å². The van der Waals surface area contributed by atoms with Crippen LogP contribution < -0.4 is 5.84 Å². The lowest BCUT2D eigenvalue weighted by molar-refractivity contribution is 0.136. The van der Waals surface area contributed by atoms with E-state index < -0.39 is 0 Å². The van der Waals surface area contributed by atoms with Crippen LogP contribution in [0, 0.1) is 12.8 Å². The van der Waals surface area contributed by atoms with Crippen LogP contribution >= 0.6 is 0 Å². The van der Waals surface area contributed by atoms with Gasteiger partial charge in [-0.3, -0.25) is 4.90 Å². The standard InChI is InChI=1S/C30H42N4O/c1-25-9-8-14-28(21-25)24-33-16-18-34(19-17-33)29(23-32-31)30(22-27-12-6-3-7-13-27)35-20-15-26-10-4-2-5-11-26/h3,6-9,12-14,21,23,26H,2,4-5,10-11,15-20,22,24,31H2,1H3/b30-29-,32-23-. The van der Waals surface area contributed by atoms with Gasteiger partial charge in [0.2, 0.25) is 0 Å². The van der Waals surface area contributed by atoms with Crippen molar-refractivity contribution in [3.8, 4) is 0 Å². The molecule has 0 amide bonds. The predicted molar refractivity (Wildman–Crippen MR) is 145 cm³/mol. The monoisotopic (exact) mass is 474 g/mol. The Labute approximate surface area is 211 Å². The molecule has 0 atom stereocenters. The summed E-state index contributed by atoms with van der Waals surface area (Å²) in [5.41, 5.74) is 4.99. The zero-order chi connectivity index (χ0) is 24.3. The number of benzene rings is 2. The summed E-state index contributed by atoms with van der Waals surface area (Å²) in [6, 6.07) is 19.4. The van der Waals surface area contributed by atoms with Gasteiger partial charge in [0, 0.05) is 39.1 Å². The van der Waals surface area contributed by atoms with E-state index in [4.69, 9.17) is 10.6 Å². The molecule has 0 spiro atoms. The van der Waals surface area contributed by atoms with Crippen LogP contribution in [0.2, 0.25) is 0 Å². The molecule has 5 heteroatoms. The Kier molecular flexibility index (Phi) is 9.64. The molecule has 0 aromatic heterocycles. The highest BCUT2D eigenvalue weighted by Gasteiger charge is 2.22. The number of piperazine rings is 1. The molecule has 5 nitrogen and oxygen atoms in total. The lowest BCUT2D eigenvalue weighted by Gasteiger charge is -2.37. The third kappa shape index (κ3) is 7.86. The summed E-state index contributed by atoms with van der Waals surface area (Å²) in [6.07, 6.45) is 10.5. The van der Waals surface area contributed by atoms with Gasteiger partial charge in [-0.25, -0.2) is 0 Å². The van der Waals surface area contributed by atoms with Gasteiger partial charge in [0.1, 0.15) is 5.76 Å². The van der Waals surface area contributed by atoms with Crippen molar-refractivity contribution in [3.05, 3.63) is 82.7 Å². The van der Waals surface area contributed by atoms with Crippen molar-refractivity contribution >= 4 is 6.21 Å². The van der Waals surface area contributed by atoms with Gasteiger partial charge in [-0.15, -0.1) is 0 Å². The van der Waals surface area contributed by atoms with Gasteiger partial charge in [-0.1, -0.05) is 92.3 Å². The molecule has 2 aromatic carbocycles. The number of hydrogen-bond acceptors (Lipinski definition) is 5. The maximum absolute atomic E-state index is 6.53. The summed E-state index contributed by atoms with van der Waals surface area (Å²) in [5.74, 6) is 7.50. The molecule has 4 rings (SSSR count). The summed E-state index contributed by atoms with van der Waals surface area (Å²) in [7, 11) is 0. The predicted octanol–water partition coefficient (Wildman–Crippen LogP) is 5.50. The van der Waals surface area contributed by atoms with Crippen LogP contribution in [0.1, 0.15) is 55.2 Å². The molecule has 1 aliphatic carbocycles. The van der Waals surface area contributed by atoms with Crippen molar-refractivity contribution in [2.45, 2.75) is 58.4 Å². The number of ether oxygens (including phenoxy) is 1. The number of hydrazone groups is 1. The van der Waals surface area contributed by atoms with E-state index in [9.17, 15) is 0 Å². The average Bonchev–Trinajstić information content (AvgIpc) is 2.89. The first-order valence-electron chi connectivity index (χ1n) is 13.4. The van der Waals surface area contributed by atoms with E-state index in [0.717, 1.165) is 69.5 Å². The van der Waals surface area contributed by atoms with E-state index >= 15 is 0 Å². The van der Waals surface area contributed by atoms with Crippen LogP contribution in [0.3, 0.4) is 0 Å². The summed E-state index contributed by atoms with van der Waals surface area (Å²) < 4.78 is 6.53. The van der Waals surface area contributed by atoms with Gasteiger partial charge >= 0.3 is 0 Å². The molecule has 2 aliphatic rings. The molecule has 1 aliphatic heterocycles. The molecular formula is C30H42N4O. The lowest BCUT2D eigenvalue weighted by Crippen LogP contribution is -2.46. The Hall–Kier alpha value is -2.79. The fourth-order valence-electron chi connectivity index (χ4n) is 5.44. The molecule has 0 bridgehead atoms. The first-order chi connectivity index (χ1) is 17.2. The minimum Gasteiger partial charge on any atom is -0.495 e. The van der Waals surface area contributed by atoms with Crippen LogP contribution in [0.4, 0.5) is 0 Å². The molecule has 1 saturated carbocycles. The molecule has 2 fully saturated rings. The Morgan fingerprint density at radius 2 is 1.71 bits per heavy atom. The van der Waals surface area contributed by atoms with Crippen molar-refractivity contribution in [1.82, 2.24) is 9.80 Å². The van der Waals surface area contributed by atoms with Crippen molar-refractivity contribution < 1.29 is 4.74 Å². The number of nitrogens with two attached hydrogens (primary N) is 1. The van der Waals surface area contributed by atoms with Crippen LogP contribution in [-0.2, 0) is 17.7 Å². The molecule has 0 unspecified atom stereocenters. The zero-order valence-corrected chi connectivity index (χ0v) is 21.4. The highest BCUT2D eigenvalue weighted by Crippen LogP contribution is 2.27. The summed E-state index contributed by atoms with van der Waals surface area (Å²) in [5, 5.41) is 3.95. The third-order valence-corrected chi connectivity index (χ3v) is 7.42. The van der Waals surface area contributed by atoms with Crippen molar-refractivity contribution in [2.75, 3.05) is 32.8 Å². The number of hydrogen-bond donors (Lipinski definition) is 1. The fraction of sp³-hybridized carbons (Fsp3) is 0.500. The number of rotatable bonds is 10. The van der Waals surface area contributed by atoms with Gasteiger partial charge in [0.25, 0.3) is 0 Å². The Bertz CT molecular complexity index is 957. The largest absolute Gasteiger partial charge is 0.495 e. The minimum atomic E-state index is 0.760. The molecule has 1 heterocycles. The molecule has 35 heavy (non-hydrogen) atoms. The third-order valence-electron chi connectivity index (χ3n) is 7.42. The number of allylic oxidation sites excluding steroid dienone is 2. The Morgan fingerprint density at radius 3 is 2.43 bits per heavy atom. The van der Waals surface area contributed by atoms with E-state index in [1.165, 1.54) is 48.8 Å². The van der Waals surface area contributed by atoms with Gasteiger partial charge in [0.05, 0.1) is 18.5 Å². The summed E-state index contributed by atoms with van der Waals surface area (Å²) >= 11 is 0. The first kappa shape index (κ1) is 25.3. The SMILES string of the molecule is Cc1cccc(CN2CCN(C(/C=N\N)=C(/Cc3ccccc3)OCCC3CCCCC3)CC2)c1. The highest BCUT2D eigenvalue weighted by atomic mass is 16.5. The molecular weight excluding hydrogens is 432 g/mol. The second kappa shape index (κ2) is 13.3. The van der Waals surface area contributed by atoms with Gasteiger partial charge in [-0.05, 0) is 30.4 Å². The maximum atomic E-state index is 6.53. The van der Waals surface area contributed by atoms with Gasteiger partial charge in [0.15, 0.2) is 0 Å². The van der Waals surface area contributed by atoms with E-state index in [1.54, 1.807) is 6.21 Å². The van der Waals surface area contributed by atoms with E-state index in [2.05, 4.69) is 76.4 Å². The number of aryl methyl sites for hydroxylation is 1. The van der Waals surface area contributed by atoms with Crippen molar-refractivity contribution in [2.24, 2.45) is 16.9 Å². The fourth-order valence-corrected chi connectivity index (χ4v) is 5.44. The van der Waals surface area contributed by atoms with E-state index in [1.807, 2.05) is 0 Å². The van der Waals surface area contributed by atoms with Gasteiger partial charge < -0.3 is 15.5 Å². The van der Waals surface area contributed by atoms with E-state index in [-0.39, 0.29) is 0 Å². The molecule has 1 saturated heterocycles. The smallest absolute Gasteiger partial charge is 0.125 e. The van der Waals surface area contributed by atoms with Crippen molar-refractivity contribution in [3.63, 3.8) is 0 Å². The molecule has 188 valence electrons. The quantitative estimate of drug-likeness (QED) is 0.214. The van der Waals surface area contributed by atoms with Crippen LogP contribution in [0.25, 0.3) is 0 Å². The lowest BCUT2D eigenvalue weighted by atomic mass is 9.87. The molecule has 0 radical (unpaired) electrons. The van der Waals surface area contributed by atoms with Crippen molar-refractivity contribution in [1.29, 1.82) is 0 Å². The second-order valence-electron chi connectivity index (χ2n) is 10.1. The molecule has 2 aromatic rings.